The van der Waals surface area contributed by atoms with E-state index in [1.165, 1.54) is 11.3 Å². The van der Waals surface area contributed by atoms with Crippen molar-refractivity contribution in [3.8, 4) is 11.3 Å². The van der Waals surface area contributed by atoms with Gasteiger partial charge in [0.25, 0.3) is 0 Å². The average Bonchev–Trinajstić information content (AvgIpc) is 3.11. The molecule has 3 rings (SSSR count). The predicted molar refractivity (Wildman–Crippen MR) is 107 cm³/mol. The van der Waals surface area contributed by atoms with Gasteiger partial charge in [-0.1, -0.05) is 26.0 Å². The molecule has 6 nitrogen and oxygen atoms in total. The largest absolute Gasteiger partial charge is 0.378 e. The van der Waals surface area contributed by atoms with Crippen LogP contribution in [0, 0.1) is 5.92 Å². The Kier molecular flexibility index (Phi) is 6.58. The number of aromatic nitrogens is 1. The number of nitrogens with zero attached hydrogens (tertiary/aromatic N) is 2. The van der Waals surface area contributed by atoms with Gasteiger partial charge in [0.1, 0.15) is 5.01 Å². The summed E-state index contributed by atoms with van der Waals surface area (Å²) in [7, 11) is 0. The number of benzene rings is 1. The first-order valence-corrected chi connectivity index (χ1v) is 10.1. The monoisotopic (exact) mass is 387 g/mol. The van der Waals surface area contributed by atoms with Gasteiger partial charge in [0, 0.05) is 36.1 Å². The highest BCUT2D eigenvalue weighted by molar-refractivity contribution is 7.10. The molecule has 1 saturated heterocycles. The third-order valence-corrected chi connectivity index (χ3v) is 5.12. The summed E-state index contributed by atoms with van der Waals surface area (Å²) in [6.45, 7) is 6.56. The van der Waals surface area contributed by atoms with Crippen molar-refractivity contribution in [3.05, 3.63) is 34.7 Å². The molecule has 0 saturated carbocycles. The van der Waals surface area contributed by atoms with E-state index in [1.54, 1.807) is 0 Å². The van der Waals surface area contributed by atoms with Crippen molar-refractivity contribution in [1.82, 2.24) is 9.88 Å². The first-order chi connectivity index (χ1) is 13.0. The summed E-state index contributed by atoms with van der Waals surface area (Å²) in [5.41, 5.74) is 2.60. The highest BCUT2D eigenvalue weighted by Gasteiger charge is 2.18. The maximum Gasteiger partial charge on any atom is 0.229 e. The number of hydrogen-bond donors (Lipinski definition) is 1. The lowest BCUT2D eigenvalue weighted by molar-refractivity contribution is -0.134. The van der Waals surface area contributed by atoms with Gasteiger partial charge in [0.2, 0.25) is 11.8 Å². The standard InChI is InChI=1S/C20H25N3O3S/c1-14(2)11-18(24)21-16-5-3-15(4-6-16)17-13-27-19(22-17)12-20(25)23-7-9-26-10-8-23/h3-6,13-14H,7-12H2,1-2H3,(H,21,24). The lowest BCUT2D eigenvalue weighted by Gasteiger charge is -2.26. The van der Waals surface area contributed by atoms with E-state index in [1.807, 2.05) is 48.4 Å². The molecule has 0 spiro atoms. The van der Waals surface area contributed by atoms with Gasteiger partial charge in [0.05, 0.1) is 25.3 Å². The molecule has 1 fully saturated rings. The maximum atomic E-state index is 12.3. The van der Waals surface area contributed by atoms with Crippen LogP contribution >= 0.6 is 11.3 Å². The van der Waals surface area contributed by atoms with Gasteiger partial charge in [-0.15, -0.1) is 11.3 Å². The van der Waals surface area contributed by atoms with Crippen LogP contribution in [0.4, 0.5) is 5.69 Å². The van der Waals surface area contributed by atoms with E-state index >= 15 is 0 Å². The summed E-state index contributed by atoms with van der Waals surface area (Å²) in [6.07, 6.45) is 0.836. The van der Waals surface area contributed by atoms with Crippen molar-refractivity contribution in [1.29, 1.82) is 0 Å². The number of nitrogens with one attached hydrogen (secondary N) is 1. The third kappa shape index (κ3) is 5.61. The van der Waals surface area contributed by atoms with E-state index in [0.717, 1.165) is 22.0 Å². The van der Waals surface area contributed by atoms with Crippen LogP contribution in [-0.2, 0) is 20.7 Å². The first-order valence-electron chi connectivity index (χ1n) is 9.21. The van der Waals surface area contributed by atoms with E-state index in [4.69, 9.17) is 4.74 Å². The third-order valence-electron chi connectivity index (χ3n) is 4.28. The van der Waals surface area contributed by atoms with Crippen molar-refractivity contribution >= 4 is 28.8 Å². The molecular weight excluding hydrogens is 362 g/mol. The summed E-state index contributed by atoms with van der Waals surface area (Å²) in [4.78, 5) is 30.6. The predicted octanol–water partition coefficient (Wildman–Crippen LogP) is 3.20. The minimum Gasteiger partial charge on any atom is -0.378 e. The van der Waals surface area contributed by atoms with E-state index in [9.17, 15) is 9.59 Å². The molecule has 1 aromatic carbocycles. The lowest BCUT2D eigenvalue weighted by Crippen LogP contribution is -2.41. The van der Waals surface area contributed by atoms with E-state index in [-0.39, 0.29) is 11.8 Å². The number of morpholine rings is 1. The average molecular weight is 388 g/mol. The zero-order chi connectivity index (χ0) is 19.2. The van der Waals surface area contributed by atoms with Gasteiger partial charge in [0.15, 0.2) is 0 Å². The summed E-state index contributed by atoms with van der Waals surface area (Å²) in [6, 6.07) is 7.64. The number of hydrogen-bond acceptors (Lipinski definition) is 5. The fraction of sp³-hybridized carbons (Fsp3) is 0.450. The van der Waals surface area contributed by atoms with Crippen LogP contribution in [0.5, 0.6) is 0 Å². The number of amides is 2. The van der Waals surface area contributed by atoms with Crippen LogP contribution in [0.25, 0.3) is 11.3 Å². The van der Waals surface area contributed by atoms with Gasteiger partial charge >= 0.3 is 0 Å². The number of anilines is 1. The Balaban J connectivity index is 1.59. The molecule has 0 unspecified atom stereocenters. The summed E-state index contributed by atoms with van der Waals surface area (Å²) in [5.74, 6) is 0.454. The minimum absolute atomic E-state index is 0.0234. The van der Waals surface area contributed by atoms with E-state index in [0.29, 0.717) is 45.1 Å². The molecule has 2 aromatic rings. The molecule has 1 aromatic heterocycles. The van der Waals surface area contributed by atoms with E-state index < -0.39 is 0 Å². The van der Waals surface area contributed by atoms with Crippen LogP contribution in [0.2, 0.25) is 0 Å². The van der Waals surface area contributed by atoms with Crippen molar-refractivity contribution in [2.45, 2.75) is 26.7 Å². The molecule has 27 heavy (non-hydrogen) atoms. The zero-order valence-corrected chi connectivity index (χ0v) is 16.6. The Labute approximate surface area is 163 Å². The van der Waals surface area contributed by atoms with Crippen LogP contribution in [0.3, 0.4) is 0 Å². The fourth-order valence-electron chi connectivity index (χ4n) is 2.89. The van der Waals surface area contributed by atoms with Gasteiger partial charge in [-0.3, -0.25) is 9.59 Å². The zero-order valence-electron chi connectivity index (χ0n) is 15.7. The molecule has 0 bridgehead atoms. The van der Waals surface area contributed by atoms with Gasteiger partial charge in [-0.25, -0.2) is 4.98 Å². The van der Waals surface area contributed by atoms with Crippen LogP contribution in [0.1, 0.15) is 25.3 Å². The van der Waals surface area contributed by atoms with Crippen molar-refractivity contribution in [2.24, 2.45) is 5.92 Å². The normalized spacial score (nSPS) is 14.4. The van der Waals surface area contributed by atoms with E-state index in [2.05, 4.69) is 10.3 Å². The molecule has 7 heteroatoms. The number of carbonyl (C=O) groups is 2. The summed E-state index contributed by atoms with van der Waals surface area (Å²) in [5, 5.41) is 5.68. The molecule has 2 amide bonds. The van der Waals surface area contributed by atoms with Crippen molar-refractivity contribution in [2.75, 3.05) is 31.6 Å². The molecule has 0 atom stereocenters. The number of thiazole rings is 1. The molecular formula is C20H25N3O3S. The fourth-order valence-corrected chi connectivity index (χ4v) is 3.68. The quantitative estimate of drug-likeness (QED) is 0.826. The number of ether oxygens (including phenoxy) is 1. The second-order valence-electron chi connectivity index (χ2n) is 7.02. The van der Waals surface area contributed by atoms with Gasteiger partial charge in [-0.05, 0) is 18.1 Å². The Hall–Kier alpha value is -2.25. The first kappa shape index (κ1) is 19.5. The van der Waals surface area contributed by atoms with Crippen molar-refractivity contribution in [3.63, 3.8) is 0 Å². The Bertz CT molecular complexity index is 780. The summed E-state index contributed by atoms with van der Waals surface area (Å²) < 4.78 is 5.28. The topological polar surface area (TPSA) is 71.5 Å². The summed E-state index contributed by atoms with van der Waals surface area (Å²) >= 11 is 1.50. The smallest absolute Gasteiger partial charge is 0.229 e. The molecule has 0 aliphatic carbocycles. The Morgan fingerprint density at radius 2 is 1.93 bits per heavy atom. The molecule has 144 valence electrons. The van der Waals surface area contributed by atoms with Gasteiger partial charge < -0.3 is 15.0 Å². The molecule has 0 radical (unpaired) electrons. The Morgan fingerprint density at radius 1 is 1.22 bits per heavy atom. The highest BCUT2D eigenvalue weighted by atomic mass is 32.1. The highest BCUT2D eigenvalue weighted by Crippen LogP contribution is 2.24. The second kappa shape index (κ2) is 9.10. The molecule has 2 heterocycles. The Morgan fingerprint density at radius 3 is 2.59 bits per heavy atom. The van der Waals surface area contributed by atoms with Crippen LogP contribution in [0.15, 0.2) is 29.6 Å². The van der Waals surface area contributed by atoms with Crippen LogP contribution in [-0.4, -0.2) is 48.0 Å². The van der Waals surface area contributed by atoms with Gasteiger partial charge in [-0.2, -0.15) is 0 Å². The maximum absolute atomic E-state index is 12.3. The number of rotatable bonds is 6. The lowest BCUT2D eigenvalue weighted by atomic mass is 10.1. The van der Waals surface area contributed by atoms with Crippen LogP contribution < -0.4 is 5.32 Å². The second-order valence-corrected chi connectivity index (χ2v) is 7.96. The van der Waals surface area contributed by atoms with Crippen molar-refractivity contribution < 1.29 is 14.3 Å². The molecule has 1 N–H and O–H groups in total. The molecule has 1 aliphatic rings. The SMILES string of the molecule is CC(C)CC(=O)Nc1ccc(-c2csc(CC(=O)N3CCOCC3)n2)cc1. The molecule has 1 aliphatic heterocycles. The minimum atomic E-state index is 0.0234. The number of carbonyl (C=O) groups excluding carboxylic acids is 2.